The summed E-state index contributed by atoms with van der Waals surface area (Å²) in [5, 5.41) is 4.91. The Labute approximate surface area is 243 Å². The van der Waals surface area contributed by atoms with Crippen LogP contribution in [0.25, 0.3) is 16.6 Å². The first-order valence-corrected chi connectivity index (χ1v) is 13.7. The number of aromatic amines is 1. The average molecular weight is 593 g/mol. The van der Waals surface area contributed by atoms with Gasteiger partial charge in [0.15, 0.2) is 17.3 Å². The fourth-order valence-electron chi connectivity index (χ4n) is 4.55. The van der Waals surface area contributed by atoms with E-state index >= 15 is 0 Å². The van der Waals surface area contributed by atoms with Crippen LogP contribution in [0.4, 0.5) is 20.4 Å². The van der Waals surface area contributed by atoms with E-state index in [-0.39, 0.29) is 34.1 Å². The number of H-pyrrole nitrogens is 1. The Morgan fingerprint density at radius 3 is 2.69 bits per heavy atom. The maximum atomic E-state index is 14.0. The number of ether oxygens (including phenoxy) is 2. The number of fused-ring (bicyclic) bond motifs is 1. The SMILES string of the molecule is Cc1cc(Oc2ccccc2F)ccc1-n1ncc(C(=O)c2cc3cc(OF)c(NSNC4(C)COC4)cc3[nH]2)c1N. The molecule has 1 aliphatic heterocycles. The number of carbonyl (C=O) groups is 1. The molecule has 10 nitrogen and oxygen atoms in total. The van der Waals surface area contributed by atoms with Crippen LogP contribution in [0.3, 0.4) is 0 Å². The van der Waals surface area contributed by atoms with Gasteiger partial charge in [-0.15, -0.1) is 0 Å². The fourth-order valence-corrected chi connectivity index (χ4v) is 5.23. The van der Waals surface area contributed by atoms with Crippen molar-refractivity contribution < 1.29 is 28.1 Å². The molecule has 5 N–H and O–H groups in total. The van der Waals surface area contributed by atoms with Gasteiger partial charge in [-0.1, -0.05) is 12.1 Å². The van der Waals surface area contributed by atoms with Gasteiger partial charge in [-0.3, -0.25) is 9.74 Å². The largest absolute Gasteiger partial charge is 0.454 e. The van der Waals surface area contributed by atoms with E-state index in [2.05, 4.69) is 24.5 Å². The molecule has 6 rings (SSSR count). The smallest absolute Gasteiger partial charge is 0.214 e. The first-order chi connectivity index (χ1) is 20.2. The van der Waals surface area contributed by atoms with Crippen LogP contribution in [0.5, 0.6) is 17.2 Å². The first kappa shape index (κ1) is 27.6. The standard InChI is InChI=1S/C29H26F2N6O4S/c1-16-9-18(40-25-6-4-3-5-20(25)30)7-8-24(16)37-28(32)19(13-33-37)27(38)23-10-17-11-26(41-31)22(12-21(17)34-23)35-42-36-29(2)14-39-15-29/h3-13,34-36H,14-15,32H2,1-2H3. The van der Waals surface area contributed by atoms with Gasteiger partial charge in [-0.2, -0.15) is 5.10 Å². The summed E-state index contributed by atoms with van der Waals surface area (Å²) in [7, 11) is 0. The zero-order valence-electron chi connectivity index (χ0n) is 22.5. The van der Waals surface area contributed by atoms with Crippen LogP contribution in [0.2, 0.25) is 0 Å². The van der Waals surface area contributed by atoms with Crippen molar-refractivity contribution in [2.75, 3.05) is 23.7 Å². The maximum absolute atomic E-state index is 14.0. The van der Waals surface area contributed by atoms with Crippen LogP contribution in [-0.4, -0.2) is 39.3 Å². The van der Waals surface area contributed by atoms with E-state index in [1.807, 2.05) is 13.8 Å². The lowest BCUT2D eigenvalue weighted by molar-refractivity contribution is -0.0509. The number of para-hydroxylation sites is 1. The molecule has 1 aliphatic rings. The van der Waals surface area contributed by atoms with Crippen molar-refractivity contribution in [1.82, 2.24) is 19.5 Å². The molecular formula is C29H26F2N6O4S. The molecule has 3 aromatic carbocycles. The number of anilines is 2. The van der Waals surface area contributed by atoms with Crippen molar-refractivity contribution in [3.05, 3.63) is 89.5 Å². The van der Waals surface area contributed by atoms with Gasteiger partial charge in [0, 0.05) is 27.6 Å². The van der Waals surface area contributed by atoms with Gasteiger partial charge in [0.05, 0.1) is 47.6 Å². The number of halogens is 2. The Morgan fingerprint density at radius 1 is 1.17 bits per heavy atom. The minimum atomic E-state index is -0.471. The maximum Gasteiger partial charge on any atom is 0.214 e. The molecular weight excluding hydrogens is 566 g/mol. The average Bonchev–Trinajstić information content (AvgIpc) is 3.55. The highest BCUT2D eigenvalue weighted by molar-refractivity contribution is 7.98. The van der Waals surface area contributed by atoms with Crippen molar-refractivity contribution >= 4 is 40.3 Å². The number of hydrogen-bond donors (Lipinski definition) is 4. The van der Waals surface area contributed by atoms with Gasteiger partial charge >= 0.3 is 0 Å². The van der Waals surface area contributed by atoms with Gasteiger partial charge < -0.3 is 24.9 Å². The lowest BCUT2D eigenvalue weighted by Gasteiger charge is -2.38. The predicted octanol–water partition coefficient (Wildman–Crippen LogP) is 6.02. The summed E-state index contributed by atoms with van der Waals surface area (Å²) in [6, 6.07) is 16.0. The highest BCUT2D eigenvalue weighted by Crippen LogP contribution is 2.34. The van der Waals surface area contributed by atoms with Crippen LogP contribution in [0.15, 0.2) is 66.9 Å². The molecule has 0 spiro atoms. The Morgan fingerprint density at radius 2 is 1.98 bits per heavy atom. The van der Waals surface area contributed by atoms with Gasteiger partial charge in [-0.25, -0.2) is 13.8 Å². The molecule has 0 bridgehead atoms. The number of aromatic nitrogens is 3. The molecule has 42 heavy (non-hydrogen) atoms. The van der Waals surface area contributed by atoms with Crippen LogP contribution in [0, 0.1) is 12.7 Å². The highest BCUT2D eigenvalue weighted by Gasteiger charge is 2.33. The third-order valence-corrected chi connectivity index (χ3v) is 7.78. The van der Waals surface area contributed by atoms with Crippen LogP contribution >= 0.6 is 12.1 Å². The van der Waals surface area contributed by atoms with E-state index in [1.54, 1.807) is 42.5 Å². The van der Waals surface area contributed by atoms with Crippen LogP contribution in [-0.2, 0) is 4.74 Å². The third kappa shape index (κ3) is 5.24. The zero-order valence-corrected chi connectivity index (χ0v) is 23.4. The normalized spacial score (nSPS) is 14.0. The quantitative estimate of drug-likeness (QED) is 0.114. The number of nitrogens with zero attached hydrogens (tertiary/aromatic N) is 2. The number of hydrogen-bond acceptors (Lipinski definition) is 9. The second-order valence-electron chi connectivity index (χ2n) is 10.2. The fraction of sp³-hybridized carbons (Fsp3) is 0.172. The highest BCUT2D eigenvalue weighted by atomic mass is 32.2. The van der Waals surface area contributed by atoms with Crippen molar-refractivity contribution in [1.29, 1.82) is 0 Å². The minimum Gasteiger partial charge on any atom is -0.454 e. The van der Waals surface area contributed by atoms with Gasteiger partial charge in [-0.05, 0) is 67.9 Å². The number of carbonyl (C=O) groups excluding carboxylic acids is 1. The van der Waals surface area contributed by atoms with Crippen LogP contribution in [0.1, 0.15) is 28.5 Å². The summed E-state index contributed by atoms with van der Waals surface area (Å²) in [5.74, 6) is -0.214. The molecule has 0 radical (unpaired) electrons. The van der Waals surface area contributed by atoms with Gasteiger partial charge in [0.1, 0.15) is 11.6 Å². The number of benzene rings is 3. The number of rotatable bonds is 10. The molecule has 5 aromatic rings. The number of nitrogens with two attached hydrogens (primary N) is 1. The summed E-state index contributed by atoms with van der Waals surface area (Å²) in [6.45, 7) is 4.98. The van der Waals surface area contributed by atoms with Crippen molar-refractivity contribution in [2.45, 2.75) is 19.4 Å². The van der Waals surface area contributed by atoms with Gasteiger partial charge in [0.2, 0.25) is 5.78 Å². The van der Waals surface area contributed by atoms with E-state index in [0.29, 0.717) is 41.2 Å². The van der Waals surface area contributed by atoms with Crippen molar-refractivity contribution in [2.24, 2.45) is 0 Å². The monoisotopic (exact) mass is 592 g/mol. The Kier molecular flexibility index (Phi) is 7.22. The van der Waals surface area contributed by atoms with E-state index in [9.17, 15) is 13.7 Å². The molecule has 1 saturated heterocycles. The first-order valence-electron chi connectivity index (χ1n) is 12.9. The molecule has 2 aromatic heterocycles. The molecule has 13 heteroatoms. The summed E-state index contributed by atoms with van der Waals surface area (Å²) in [4.78, 5) is 20.6. The van der Waals surface area contributed by atoms with E-state index in [0.717, 1.165) is 5.56 Å². The minimum absolute atomic E-state index is 0.0324. The molecule has 0 unspecified atom stereocenters. The number of ketones is 1. The molecule has 1 fully saturated rings. The Hall–Kier alpha value is -4.59. The third-order valence-electron chi connectivity index (χ3n) is 6.86. The van der Waals surface area contributed by atoms with Crippen molar-refractivity contribution in [3.63, 3.8) is 0 Å². The second-order valence-corrected chi connectivity index (χ2v) is 10.8. The van der Waals surface area contributed by atoms with Crippen LogP contribution < -0.4 is 24.9 Å². The molecule has 0 amide bonds. The Balaban J connectivity index is 1.22. The summed E-state index contributed by atoms with van der Waals surface area (Å²) >= 11 is 1.18. The lowest BCUT2D eigenvalue weighted by atomic mass is 10.0. The summed E-state index contributed by atoms with van der Waals surface area (Å²) < 4.78 is 45.9. The number of nitrogens with one attached hydrogen (secondary N) is 3. The van der Waals surface area contributed by atoms with Gasteiger partial charge in [0.25, 0.3) is 0 Å². The zero-order chi connectivity index (χ0) is 29.4. The molecule has 0 aliphatic carbocycles. The molecule has 3 heterocycles. The lowest BCUT2D eigenvalue weighted by Crippen LogP contribution is -2.55. The molecule has 216 valence electrons. The summed E-state index contributed by atoms with van der Waals surface area (Å²) in [5.41, 5.74) is 8.96. The summed E-state index contributed by atoms with van der Waals surface area (Å²) in [6.07, 6.45) is 1.39. The number of aryl methyl sites for hydroxylation is 1. The Bertz CT molecular complexity index is 1800. The molecule has 0 atom stereocenters. The topological polar surface area (TPSA) is 128 Å². The van der Waals surface area contributed by atoms with E-state index in [4.69, 9.17) is 15.2 Å². The van der Waals surface area contributed by atoms with Crippen molar-refractivity contribution in [3.8, 4) is 22.9 Å². The van der Waals surface area contributed by atoms with E-state index < -0.39 is 11.6 Å². The van der Waals surface area contributed by atoms with E-state index in [1.165, 1.54) is 41.2 Å². The molecule has 0 saturated carbocycles. The number of nitrogen functional groups attached to an aromatic ring is 1. The second kappa shape index (κ2) is 11.0. The predicted molar refractivity (Wildman–Crippen MR) is 156 cm³/mol.